The number of ether oxygens (including phenoxy) is 1. The monoisotopic (exact) mass is 360 g/mol. The fourth-order valence-electron chi connectivity index (χ4n) is 3.47. The van der Waals surface area contributed by atoms with Gasteiger partial charge in [-0.15, -0.1) is 0 Å². The number of likely N-dealkylation sites (N-methyl/N-ethyl adjacent to an activating group) is 1. The first kappa shape index (κ1) is 17.1. The van der Waals surface area contributed by atoms with E-state index < -0.39 is 6.10 Å². The summed E-state index contributed by atoms with van der Waals surface area (Å²) in [6.45, 7) is 0.195. The largest absolute Gasteiger partial charge is 0.477 e. The highest BCUT2D eigenvalue weighted by Gasteiger charge is 2.33. The van der Waals surface area contributed by atoms with Gasteiger partial charge in [0.2, 0.25) is 5.91 Å². The van der Waals surface area contributed by atoms with E-state index in [0.717, 1.165) is 16.3 Å². The molecule has 5 heteroatoms. The number of para-hydroxylation sites is 2. The highest BCUT2D eigenvalue weighted by atomic mass is 16.5. The zero-order chi connectivity index (χ0) is 18.8. The maximum atomic E-state index is 13.2. The zero-order valence-corrected chi connectivity index (χ0v) is 15.0. The van der Waals surface area contributed by atoms with Gasteiger partial charge in [-0.25, -0.2) is 0 Å². The topological polar surface area (TPSA) is 58.6 Å². The molecule has 1 N–H and O–H groups in total. The zero-order valence-electron chi connectivity index (χ0n) is 15.0. The first-order valence-corrected chi connectivity index (χ1v) is 8.91. The third kappa shape index (κ3) is 3.24. The molecule has 5 nitrogen and oxygen atoms in total. The van der Waals surface area contributed by atoms with E-state index in [1.54, 1.807) is 18.0 Å². The molecule has 4 rings (SSSR count). The molecular weight excluding hydrogens is 340 g/mol. The Labute approximate surface area is 157 Å². The van der Waals surface area contributed by atoms with Gasteiger partial charge in [0, 0.05) is 7.05 Å². The first-order valence-electron chi connectivity index (χ1n) is 8.91. The van der Waals surface area contributed by atoms with E-state index in [-0.39, 0.29) is 24.8 Å². The summed E-state index contributed by atoms with van der Waals surface area (Å²) < 4.78 is 5.78. The summed E-state index contributed by atoms with van der Waals surface area (Å²) in [6, 6.07) is 21.3. The molecular formula is C22H20N2O3. The number of hydrogen-bond acceptors (Lipinski definition) is 3. The van der Waals surface area contributed by atoms with Crippen molar-refractivity contribution in [3.8, 4) is 5.75 Å². The molecule has 2 amide bonds. The molecule has 27 heavy (non-hydrogen) atoms. The molecule has 0 saturated carbocycles. The van der Waals surface area contributed by atoms with E-state index in [0.29, 0.717) is 11.4 Å². The van der Waals surface area contributed by atoms with Crippen molar-refractivity contribution in [2.24, 2.45) is 0 Å². The second-order valence-electron chi connectivity index (χ2n) is 6.51. The lowest BCUT2D eigenvalue weighted by molar-refractivity contribution is -0.127. The fourth-order valence-corrected chi connectivity index (χ4v) is 3.47. The molecule has 3 aromatic rings. The highest BCUT2D eigenvalue weighted by Crippen LogP contribution is 2.34. The van der Waals surface area contributed by atoms with Crippen LogP contribution in [-0.2, 0) is 16.0 Å². The van der Waals surface area contributed by atoms with Gasteiger partial charge in [-0.1, -0.05) is 54.6 Å². The molecule has 1 atom stereocenters. The second kappa shape index (κ2) is 7.11. The van der Waals surface area contributed by atoms with E-state index in [9.17, 15) is 9.59 Å². The number of fused-ring (bicyclic) bond motifs is 2. The number of carbonyl (C=O) groups excluding carboxylic acids is 2. The van der Waals surface area contributed by atoms with Crippen LogP contribution in [0.3, 0.4) is 0 Å². The molecule has 1 aliphatic heterocycles. The summed E-state index contributed by atoms with van der Waals surface area (Å²) in [4.78, 5) is 26.9. The molecule has 0 radical (unpaired) electrons. The molecule has 0 unspecified atom stereocenters. The van der Waals surface area contributed by atoms with Crippen LogP contribution in [0.4, 0.5) is 5.69 Å². The van der Waals surface area contributed by atoms with Gasteiger partial charge < -0.3 is 15.0 Å². The predicted octanol–water partition coefficient (Wildman–Crippen LogP) is 2.92. The Morgan fingerprint density at radius 2 is 1.78 bits per heavy atom. The Kier molecular flexibility index (Phi) is 4.50. The summed E-state index contributed by atoms with van der Waals surface area (Å²) in [6.07, 6.45) is -0.461. The summed E-state index contributed by atoms with van der Waals surface area (Å²) in [5.74, 6) is 0.243. The number of carbonyl (C=O) groups is 2. The van der Waals surface area contributed by atoms with E-state index in [4.69, 9.17) is 4.74 Å². The van der Waals surface area contributed by atoms with Crippen LogP contribution in [-0.4, -0.2) is 31.5 Å². The van der Waals surface area contributed by atoms with Crippen molar-refractivity contribution in [1.82, 2.24) is 5.32 Å². The Morgan fingerprint density at radius 1 is 1.04 bits per heavy atom. The number of rotatable bonds is 3. The van der Waals surface area contributed by atoms with Crippen LogP contribution in [0, 0.1) is 0 Å². The minimum absolute atomic E-state index is 0.0593. The summed E-state index contributed by atoms with van der Waals surface area (Å²) in [5, 5.41) is 4.77. The molecule has 0 aromatic heterocycles. The van der Waals surface area contributed by atoms with Crippen molar-refractivity contribution in [3.05, 3.63) is 72.3 Å². The predicted molar refractivity (Wildman–Crippen MR) is 105 cm³/mol. The Hall–Kier alpha value is -3.34. The number of hydrogen-bond donors (Lipinski definition) is 1. The van der Waals surface area contributed by atoms with Crippen LogP contribution in [0.5, 0.6) is 5.75 Å². The molecule has 1 aliphatic rings. The Morgan fingerprint density at radius 3 is 2.63 bits per heavy atom. The van der Waals surface area contributed by atoms with Gasteiger partial charge in [0.15, 0.2) is 6.10 Å². The quantitative estimate of drug-likeness (QED) is 0.781. The minimum Gasteiger partial charge on any atom is -0.477 e. The summed E-state index contributed by atoms with van der Waals surface area (Å²) in [7, 11) is 1.56. The van der Waals surface area contributed by atoms with Gasteiger partial charge in [0.05, 0.1) is 18.7 Å². The van der Waals surface area contributed by atoms with Gasteiger partial charge in [-0.05, 0) is 28.5 Å². The lowest BCUT2D eigenvalue weighted by atomic mass is 10.0. The lowest BCUT2D eigenvalue weighted by Gasteiger charge is -2.34. The van der Waals surface area contributed by atoms with Crippen LogP contribution in [0.25, 0.3) is 10.8 Å². The van der Waals surface area contributed by atoms with Crippen molar-refractivity contribution in [2.75, 3.05) is 18.5 Å². The minimum atomic E-state index is -0.721. The fraction of sp³-hybridized carbons (Fsp3) is 0.182. The van der Waals surface area contributed by atoms with E-state index in [1.165, 1.54) is 0 Å². The number of anilines is 1. The Bertz CT molecular complexity index is 1010. The molecule has 0 fully saturated rings. The summed E-state index contributed by atoms with van der Waals surface area (Å²) in [5.41, 5.74) is 1.67. The number of nitrogens with one attached hydrogen (secondary N) is 1. The molecule has 1 heterocycles. The average Bonchev–Trinajstić information content (AvgIpc) is 2.72. The number of nitrogens with zero attached hydrogens (tertiary/aromatic N) is 1. The van der Waals surface area contributed by atoms with Crippen LogP contribution >= 0.6 is 0 Å². The average molecular weight is 360 g/mol. The molecule has 0 spiro atoms. The van der Waals surface area contributed by atoms with E-state index in [1.807, 2.05) is 60.7 Å². The Balaban J connectivity index is 1.67. The number of benzene rings is 3. The molecule has 0 aliphatic carbocycles. The van der Waals surface area contributed by atoms with Crippen LogP contribution in [0.15, 0.2) is 66.7 Å². The van der Waals surface area contributed by atoms with Crippen molar-refractivity contribution in [1.29, 1.82) is 0 Å². The normalized spacial score (nSPS) is 15.7. The van der Waals surface area contributed by atoms with Crippen LogP contribution in [0.2, 0.25) is 0 Å². The van der Waals surface area contributed by atoms with Crippen LogP contribution in [0.1, 0.15) is 5.56 Å². The SMILES string of the molecule is CNC(=O)[C@@H]1CN(C(=O)Cc2cccc3ccccc23)c2ccccc2O1. The third-order valence-electron chi connectivity index (χ3n) is 4.84. The van der Waals surface area contributed by atoms with Gasteiger partial charge >= 0.3 is 0 Å². The molecule has 0 saturated heterocycles. The highest BCUT2D eigenvalue weighted by molar-refractivity contribution is 6.00. The third-order valence-corrected chi connectivity index (χ3v) is 4.84. The summed E-state index contributed by atoms with van der Waals surface area (Å²) >= 11 is 0. The molecule has 0 bridgehead atoms. The van der Waals surface area contributed by atoms with E-state index in [2.05, 4.69) is 5.32 Å². The van der Waals surface area contributed by atoms with Gasteiger partial charge in [-0.3, -0.25) is 9.59 Å². The van der Waals surface area contributed by atoms with Gasteiger partial charge in [-0.2, -0.15) is 0 Å². The smallest absolute Gasteiger partial charge is 0.262 e. The second-order valence-corrected chi connectivity index (χ2v) is 6.51. The van der Waals surface area contributed by atoms with Crippen molar-refractivity contribution in [3.63, 3.8) is 0 Å². The molecule has 3 aromatic carbocycles. The van der Waals surface area contributed by atoms with Gasteiger partial charge in [0.25, 0.3) is 5.91 Å². The maximum absolute atomic E-state index is 13.2. The van der Waals surface area contributed by atoms with E-state index >= 15 is 0 Å². The van der Waals surface area contributed by atoms with Crippen LogP contribution < -0.4 is 15.0 Å². The first-order chi connectivity index (χ1) is 13.2. The molecule has 136 valence electrons. The van der Waals surface area contributed by atoms with Crippen molar-refractivity contribution < 1.29 is 14.3 Å². The van der Waals surface area contributed by atoms with Crippen molar-refractivity contribution >= 4 is 28.3 Å². The standard InChI is InChI=1S/C22H20N2O3/c1-23-22(26)20-14-24(18-11-4-5-12-19(18)27-20)21(25)13-16-9-6-8-15-7-2-3-10-17(15)16/h2-12,20H,13-14H2,1H3,(H,23,26)/t20-/m0/s1. The van der Waals surface area contributed by atoms with Crippen molar-refractivity contribution in [2.45, 2.75) is 12.5 Å². The van der Waals surface area contributed by atoms with Gasteiger partial charge in [0.1, 0.15) is 5.75 Å². The lowest BCUT2D eigenvalue weighted by Crippen LogP contribution is -2.50. The number of amides is 2. The maximum Gasteiger partial charge on any atom is 0.262 e.